The van der Waals surface area contributed by atoms with Gasteiger partial charge in [0, 0.05) is 20.1 Å². The van der Waals surface area contributed by atoms with E-state index in [9.17, 15) is 19.2 Å². The third-order valence-corrected chi connectivity index (χ3v) is 8.21. The lowest BCUT2D eigenvalue weighted by atomic mass is 9.91. The molecule has 5 rings (SSSR count). The quantitative estimate of drug-likeness (QED) is 0.560. The Bertz CT molecular complexity index is 1360. The van der Waals surface area contributed by atoms with Crippen molar-refractivity contribution in [1.29, 1.82) is 0 Å². The van der Waals surface area contributed by atoms with Gasteiger partial charge in [-0.3, -0.25) is 19.3 Å². The fraction of sp³-hybridized carbons (Fsp3) is 0.419. The molecule has 0 spiro atoms. The molecule has 0 bridgehead atoms. The Kier molecular flexibility index (Phi) is 7.65. The van der Waals surface area contributed by atoms with Gasteiger partial charge in [0.05, 0.1) is 36.4 Å². The van der Waals surface area contributed by atoms with E-state index < -0.39 is 12.1 Å². The Hall–Kier alpha value is -4.14. The second-order valence-electron chi connectivity index (χ2n) is 10.8. The van der Waals surface area contributed by atoms with Gasteiger partial charge in [0.25, 0.3) is 5.91 Å². The number of hydrogen-bond acceptors (Lipinski definition) is 5. The maximum Gasteiger partial charge on any atom is 0.322 e. The van der Waals surface area contributed by atoms with Gasteiger partial charge in [-0.05, 0) is 50.3 Å². The molecular formula is C31H36N4O5. The summed E-state index contributed by atoms with van der Waals surface area (Å²) in [6, 6.07) is 13.5. The summed E-state index contributed by atoms with van der Waals surface area (Å²) in [5, 5.41) is 3.00. The zero-order valence-corrected chi connectivity index (χ0v) is 23.5. The molecule has 40 heavy (non-hydrogen) atoms. The fourth-order valence-electron chi connectivity index (χ4n) is 6.04. The fourth-order valence-corrected chi connectivity index (χ4v) is 6.04. The smallest absolute Gasteiger partial charge is 0.322 e. The van der Waals surface area contributed by atoms with E-state index >= 15 is 0 Å². The number of carbonyl (C=O) groups excluding carboxylic acids is 4. The van der Waals surface area contributed by atoms with Crippen LogP contribution in [0.3, 0.4) is 0 Å². The molecule has 1 saturated heterocycles. The van der Waals surface area contributed by atoms with E-state index in [2.05, 4.69) is 5.32 Å². The Morgan fingerprint density at radius 1 is 1.05 bits per heavy atom. The summed E-state index contributed by atoms with van der Waals surface area (Å²) in [6.45, 7) is 7.05. The second-order valence-corrected chi connectivity index (χ2v) is 10.8. The molecule has 0 radical (unpaired) electrons. The number of piperidine rings is 1. The van der Waals surface area contributed by atoms with Crippen LogP contribution < -0.4 is 5.32 Å². The van der Waals surface area contributed by atoms with Crippen molar-refractivity contribution >= 4 is 23.8 Å². The first-order valence-electron chi connectivity index (χ1n) is 13.9. The number of likely N-dealkylation sites (N-methyl/N-ethyl adjacent to an activating group) is 1. The highest BCUT2D eigenvalue weighted by Crippen LogP contribution is 2.40. The predicted octanol–water partition coefficient (Wildman–Crippen LogP) is 3.64. The second kappa shape index (κ2) is 11.2. The lowest BCUT2D eigenvalue weighted by Crippen LogP contribution is -2.48. The highest BCUT2D eigenvalue weighted by Gasteiger charge is 2.48. The van der Waals surface area contributed by atoms with Crippen LogP contribution >= 0.6 is 0 Å². The number of amides is 4. The first-order chi connectivity index (χ1) is 19.2. The van der Waals surface area contributed by atoms with Gasteiger partial charge >= 0.3 is 12.0 Å². The number of aryl methyl sites for hydroxylation is 2. The summed E-state index contributed by atoms with van der Waals surface area (Å²) in [5.74, 6) is -0.911. The Labute approximate surface area is 234 Å². The Morgan fingerprint density at radius 3 is 2.40 bits per heavy atom. The molecule has 2 aromatic carbocycles. The van der Waals surface area contributed by atoms with Crippen LogP contribution in [-0.2, 0) is 19.1 Å². The largest absolute Gasteiger partial charge is 0.466 e. The molecule has 1 fully saturated rings. The molecule has 9 nitrogen and oxygen atoms in total. The standard InChI is InChI=1S/C31H36N4O5/c1-5-40-30(38)22-13-15-34(16-14-22)29(37)27(21-9-7-6-8-10-21)35-18-24-25(28(35)36)26(32-31(39)33(24)4)23-12-11-19(2)17-20(23)3/h6-12,17,22,26-27H,5,13-16,18H2,1-4H3,(H,32,39). The molecule has 4 amide bonds. The van der Waals surface area contributed by atoms with E-state index in [1.165, 1.54) is 4.90 Å². The van der Waals surface area contributed by atoms with Crippen molar-refractivity contribution in [3.63, 3.8) is 0 Å². The summed E-state index contributed by atoms with van der Waals surface area (Å²) >= 11 is 0. The number of benzene rings is 2. The van der Waals surface area contributed by atoms with Crippen molar-refractivity contribution in [1.82, 2.24) is 20.0 Å². The van der Waals surface area contributed by atoms with Crippen LogP contribution in [0.1, 0.15) is 54.1 Å². The molecule has 1 N–H and O–H groups in total. The van der Waals surface area contributed by atoms with Crippen LogP contribution in [0.2, 0.25) is 0 Å². The van der Waals surface area contributed by atoms with Gasteiger partial charge in [-0.25, -0.2) is 4.79 Å². The topological polar surface area (TPSA) is 99.3 Å². The van der Waals surface area contributed by atoms with Crippen molar-refractivity contribution in [3.8, 4) is 0 Å². The number of nitrogens with one attached hydrogen (secondary N) is 1. The van der Waals surface area contributed by atoms with Crippen molar-refractivity contribution in [3.05, 3.63) is 82.1 Å². The predicted molar refractivity (Wildman–Crippen MR) is 149 cm³/mol. The van der Waals surface area contributed by atoms with Gasteiger partial charge in [0.2, 0.25) is 5.91 Å². The van der Waals surface area contributed by atoms with Crippen molar-refractivity contribution in [2.24, 2.45) is 5.92 Å². The van der Waals surface area contributed by atoms with E-state index in [1.54, 1.807) is 23.8 Å². The number of urea groups is 1. The summed E-state index contributed by atoms with van der Waals surface area (Å²) in [5.41, 5.74) is 4.73. The summed E-state index contributed by atoms with van der Waals surface area (Å²) in [6.07, 6.45) is 1.04. The Morgan fingerprint density at radius 2 is 1.75 bits per heavy atom. The normalized spacial score (nSPS) is 20.4. The molecule has 2 atom stereocenters. The van der Waals surface area contributed by atoms with Crippen molar-refractivity contribution in [2.45, 2.75) is 45.7 Å². The monoisotopic (exact) mass is 544 g/mol. The number of rotatable bonds is 6. The molecule has 3 aliphatic rings. The third kappa shape index (κ3) is 4.96. The number of ether oxygens (including phenoxy) is 1. The lowest BCUT2D eigenvalue weighted by molar-refractivity contribution is -0.152. The minimum Gasteiger partial charge on any atom is -0.466 e. The van der Waals surface area contributed by atoms with E-state index in [0.717, 1.165) is 16.7 Å². The van der Waals surface area contributed by atoms with Crippen LogP contribution in [0.25, 0.3) is 0 Å². The van der Waals surface area contributed by atoms with Crippen LogP contribution in [0.5, 0.6) is 0 Å². The zero-order chi connectivity index (χ0) is 28.6. The van der Waals surface area contributed by atoms with Crippen LogP contribution in [0.4, 0.5) is 4.79 Å². The van der Waals surface area contributed by atoms with Gasteiger partial charge < -0.3 is 19.9 Å². The van der Waals surface area contributed by atoms with Crippen LogP contribution in [0.15, 0.2) is 59.8 Å². The minimum absolute atomic E-state index is 0.143. The maximum absolute atomic E-state index is 14.2. The third-order valence-electron chi connectivity index (χ3n) is 8.21. The average molecular weight is 545 g/mol. The van der Waals surface area contributed by atoms with Crippen LogP contribution in [-0.4, -0.2) is 71.8 Å². The number of esters is 1. The van der Waals surface area contributed by atoms with Gasteiger partial charge in [0.15, 0.2) is 0 Å². The molecule has 0 aliphatic carbocycles. The number of likely N-dealkylation sites (tertiary alicyclic amines) is 1. The van der Waals surface area contributed by atoms with E-state index in [4.69, 9.17) is 4.74 Å². The van der Waals surface area contributed by atoms with Crippen molar-refractivity contribution < 1.29 is 23.9 Å². The first-order valence-corrected chi connectivity index (χ1v) is 13.9. The molecule has 0 aromatic heterocycles. The van der Waals surface area contributed by atoms with Crippen molar-refractivity contribution in [2.75, 3.05) is 33.3 Å². The van der Waals surface area contributed by atoms with Gasteiger partial charge in [-0.1, -0.05) is 54.1 Å². The van der Waals surface area contributed by atoms with Gasteiger partial charge in [0.1, 0.15) is 6.04 Å². The van der Waals surface area contributed by atoms with Gasteiger partial charge in [-0.2, -0.15) is 0 Å². The molecule has 210 valence electrons. The molecule has 9 heteroatoms. The van der Waals surface area contributed by atoms with Gasteiger partial charge in [-0.15, -0.1) is 0 Å². The molecule has 3 aliphatic heterocycles. The van der Waals surface area contributed by atoms with Crippen LogP contribution in [0, 0.1) is 19.8 Å². The zero-order valence-electron chi connectivity index (χ0n) is 23.5. The highest BCUT2D eigenvalue weighted by atomic mass is 16.5. The highest BCUT2D eigenvalue weighted by molar-refractivity contribution is 6.04. The summed E-state index contributed by atoms with van der Waals surface area (Å²) < 4.78 is 5.18. The summed E-state index contributed by atoms with van der Waals surface area (Å²) in [7, 11) is 1.65. The lowest BCUT2D eigenvalue weighted by Gasteiger charge is -2.36. The summed E-state index contributed by atoms with van der Waals surface area (Å²) in [4.78, 5) is 58.4. The van der Waals surface area contributed by atoms with E-state index in [-0.39, 0.29) is 36.3 Å². The average Bonchev–Trinajstić information content (AvgIpc) is 3.28. The molecule has 0 saturated carbocycles. The molecule has 2 aromatic rings. The number of hydrogen-bond donors (Lipinski definition) is 1. The first kappa shape index (κ1) is 27.4. The maximum atomic E-state index is 14.2. The Balaban J connectivity index is 1.46. The van der Waals surface area contributed by atoms with E-state index in [0.29, 0.717) is 49.4 Å². The van der Waals surface area contributed by atoms with E-state index in [1.807, 2.05) is 62.4 Å². The molecule has 2 unspecified atom stereocenters. The SMILES string of the molecule is CCOC(=O)C1CCN(C(=O)C(c2ccccc2)N2CC3=C(C2=O)C(c2ccc(C)cc2C)NC(=O)N3C)CC1. The minimum atomic E-state index is -0.860. The molecular weight excluding hydrogens is 508 g/mol. The number of nitrogens with zero attached hydrogens (tertiary/aromatic N) is 3. The number of carbonyl (C=O) groups is 4. The molecule has 3 heterocycles.